The summed E-state index contributed by atoms with van der Waals surface area (Å²) >= 11 is 0. The molecule has 0 heterocycles. The molecule has 0 aliphatic carbocycles. The van der Waals surface area contributed by atoms with Gasteiger partial charge in [0.15, 0.2) is 0 Å². The van der Waals surface area contributed by atoms with Crippen LogP contribution in [0.1, 0.15) is 6.92 Å². The van der Waals surface area contributed by atoms with Crippen LogP contribution in [0.25, 0.3) is 0 Å². The van der Waals surface area contributed by atoms with Gasteiger partial charge in [0, 0.05) is 5.92 Å². The molecule has 1 unspecified atom stereocenters. The zero-order valence-electron chi connectivity index (χ0n) is 8.01. The van der Waals surface area contributed by atoms with Crippen molar-refractivity contribution in [2.75, 3.05) is 33.1 Å². The van der Waals surface area contributed by atoms with E-state index in [0.717, 1.165) is 0 Å². The van der Waals surface area contributed by atoms with Crippen molar-refractivity contribution in [3.63, 3.8) is 0 Å². The highest BCUT2D eigenvalue weighted by Crippen LogP contribution is 2.52. The van der Waals surface area contributed by atoms with Gasteiger partial charge in [-0.15, -0.1) is 0 Å². The molecule has 0 bridgehead atoms. The van der Waals surface area contributed by atoms with Gasteiger partial charge in [-0.05, 0) is 6.92 Å². The molecule has 0 saturated heterocycles. The standard InChI is InChI=1S/C7H18O5P/c1-3-11-13(2,10)12-6-7(4-8)5-9/h7-10H,3-6H2,1-2H3/q+1. The van der Waals surface area contributed by atoms with E-state index in [-0.39, 0.29) is 25.7 Å². The van der Waals surface area contributed by atoms with Crippen LogP contribution in [-0.4, -0.2) is 48.2 Å². The molecule has 6 heteroatoms. The minimum atomic E-state index is -2.74. The third kappa shape index (κ3) is 6.32. The molecule has 0 aromatic heterocycles. The van der Waals surface area contributed by atoms with Crippen LogP contribution in [0.4, 0.5) is 0 Å². The fraction of sp³-hybridized carbons (Fsp3) is 1.00. The normalized spacial score (nSPS) is 16.2. The highest BCUT2D eigenvalue weighted by molar-refractivity contribution is 7.59. The van der Waals surface area contributed by atoms with E-state index in [0.29, 0.717) is 6.61 Å². The molecule has 80 valence electrons. The molecular formula is C7H18O5P+. The molecule has 0 rings (SSSR count). The second-order valence-corrected chi connectivity index (χ2v) is 4.87. The Bertz CT molecular complexity index is 126. The first-order valence-electron chi connectivity index (χ1n) is 4.15. The average molecular weight is 213 g/mol. The van der Waals surface area contributed by atoms with E-state index < -0.39 is 7.94 Å². The molecule has 0 aliphatic rings. The highest BCUT2D eigenvalue weighted by atomic mass is 31.2. The fourth-order valence-corrected chi connectivity index (χ4v) is 1.72. The van der Waals surface area contributed by atoms with E-state index >= 15 is 0 Å². The van der Waals surface area contributed by atoms with Gasteiger partial charge in [-0.3, -0.25) is 0 Å². The maximum Gasteiger partial charge on any atom is 0.405 e. The van der Waals surface area contributed by atoms with Crippen LogP contribution in [0, 0.1) is 5.92 Å². The lowest BCUT2D eigenvalue weighted by molar-refractivity contribution is 0.0889. The Labute approximate surface area is 78.9 Å². The maximum absolute atomic E-state index is 9.46. The average Bonchev–Trinajstić information content (AvgIpc) is 2.06. The van der Waals surface area contributed by atoms with E-state index in [2.05, 4.69) is 0 Å². The molecule has 0 spiro atoms. The van der Waals surface area contributed by atoms with Crippen molar-refractivity contribution in [2.24, 2.45) is 5.92 Å². The van der Waals surface area contributed by atoms with Gasteiger partial charge in [0.1, 0.15) is 13.3 Å². The first kappa shape index (κ1) is 13.2. The molecule has 0 aromatic rings. The van der Waals surface area contributed by atoms with Crippen molar-refractivity contribution < 1.29 is 24.2 Å². The molecule has 0 aliphatic heterocycles. The summed E-state index contributed by atoms with van der Waals surface area (Å²) in [5.74, 6) is -0.355. The third-order valence-corrected chi connectivity index (χ3v) is 2.80. The van der Waals surface area contributed by atoms with Crippen LogP contribution in [-0.2, 0) is 9.05 Å². The molecule has 5 nitrogen and oxygen atoms in total. The van der Waals surface area contributed by atoms with Gasteiger partial charge in [0.2, 0.25) is 0 Å². The quantitative estimate of drug-likeness (QED) is 0.520. The Kier molecular flexibility index (Phi) is 6.77. The maximum atomic E-state index is 9.46. The summed E-state index contributed by atoms with van der Waals surface area (Å²) in [6.07, 6.45) is 0. The Hall–Kier alpha value is 0.230. The van der Waals surface area contributed by atoms with Crippen molar-refractivity contribution in [3.05, 3.63) is 0 Å². The van der Waals surface area contributed by atoms with E-state index in [4.69, 9.17) is 19.3 Å². The van der Waals surface area contributed by atoms with Crippen LogP contribution in [0.3, 0.4) is 0 Å². The zero-order valence-corrected chi connectivity index (χ0v) is 8.91. The largest absolute Gasteiger partial charge is 0.405 e. The summed E-state index contributed by atoms with van der Waals surface area (Å²) < 4.78 is 9.99. The van der Waals surface area contributed by atoms with Crippen LogP contribution >= 0.6 is 7.94 Å². The summed E-state index contributed by atoms with van der Waals surface area (Å²) in [5, 5.41) is 17.4. The van der Waals surface area contributed by atoms with Gasteiger partial charge >= 0.3 is 7.94 Å². The van der Waals surface area contributed by atoms with E-state index in [1.807, 2.05) is 0 Å². The Morgan fingerprint density at radius 3 is 2.15 bits per heavy atom. The van der Waals surface area contributed by atoms with Crippen molar-refractivity contribution in [3.8, 4) is 0 Å². The SMILES string of the molecule is CCO[P+](C)(O)OCC(CO)CO. The van der Waals surface area contributed by atoms with Crippen molar-refractivity contribution >= 4 is 7.94 Å². The van der Waals surface area contributed by atoms with Gasteiger partial charge in [-0.2, -0.15) is 13.9 Å². The second-order valence-electron chi connectivity index (χ2n) is 2.75. The lowest BCUT2D eigenvalue weighted by Crippen LogP contribution is -2.18. The molecule has 0 radical (unpaired) electrons. The summed E-state index contributed by atoms with van der Waals surface area (Å²) in [5.41, 5.74) is 0. The Balaban J connectivity index is 3.71. The number of rotatable bonds is 7. The fourth-order valence-electron chi connectivity index (χ4n) is 0.684. The van der Waals surface area contributed by atoms with Gasteiger partial charge in [0.05, 0.1) is 19.8 Å². The van der Waals surface area contributed by atoms with E-state index in [1.165, 1.54) is 6.66 Å². The van der Waals surface area contributed by atoms with E-state index in [1.54, 1.807) is 6.92 Å². The molecule has 0 aromatic carbocycles. The van der Waals surface area contributed by atoms with Crippen LogP contribution < -0.4 is 0 Å². The monoisotopic (exact) mass is 213 g/mol. The number of aliphatic hydroxyl groups is 2. The van der Waals surface area contributed by atoms with Gasteiger partial charge in [-0.25, -0.2) is 0 Å². The first-order valence-corrected chi connectivity index (χ1v) is 6.18. The van der Waals surface area contributed by atoms with Crippen molar-refractivity contribution in [1.82, 2.24) is 0 Å². The lowest BCUT2D eigenvalue weighted by atomic mass is 10.2. The highest BCUT2D eigenvalue weighted by Gasteiger charge is 2.33. The number of hydrogen-bond acceptors (Lipinski definition) is 5. The van der Waals surface area contributed by atoms with Gasteiger partial charge in [-0.1, -0.05) is 0 Å². The molecule has 3 N–H and O–H groups in total. The van der Waals surface area contributed by atoms with Crippen LogP contribution in [0.2, 0.25) is 0 Å². The molecule has 0 fully saturated rings. The number of hydrogen-bond donors (Lipinski definition) is 3. The Morgan fingerprint density at radius 2 is 1.77 bits per heavy atom. The lowest BCUT2D eigenvalue weighted by Gasteiger charge is -2.14. The summed E-state index contributed by atoms with van der Waals surface area (Å²) in [6, 6.07) is 0. The van der Waals surface area contributed by atoms with Crippen LogP contribution in [0.15, 0.2) is 0 Å². The number of aliphatic hydroxyl groups excluding tert-OH is 2. The molecular weight excluding hydrogens is 195 g/mol. The Morgan fingerprint density at radius 1 is 1.23 bits per heavy atom. The predicted molar refractivity (Wildman–Crippen MR) is 50.3 cm³/mol. The smallest absolute Gasteiger partial charge is 0.396 e. The van der Waals surface area contributed by atoms with Crippen LogP contribution in [0.5, 0.6) is 0 Å². The minimum Gasteiger partial charge on any atom is -0.396 e. The van der Waals surface area contributed by atoms with E-state index in [9.17, 15) is 4.89 Å². The molecule has 1 atom stereocenters. The predicted octanol–water partition coefficient (Wildman–Crippen LogP) is 0.0250. The third-order valence-electron chi connectivity index (χ3n) is 1.43. The summed E-state index contributed by atoms with van der Waals surface area (Å²) in [7, 11) is -2.74. The van der Waals surface area contributed by atoms with Crippen molar-refractivity contribution in [2.45, 2.75) is 6.92 Å². The second kappa shape index (κ2) is 6.65. The van der Waals surface area contributed by atoms with Gasteiger partial charge < -0.3 is 10.2 Å². The summed E-state index contributed by atoms with van der Waals surface area (Å²) in [6.45, 7) is 3.39. The summed E-state index contributed by atoms with van der Waals surface area (Å²) in [4.78, 5) is 9.46. The molecule has 13 heavy (non-hydrogen) atoms. The van der Waals surface area contributed by atoms with Crippen molar-refractivity contribution in [1.29, 1.82) is 0 Å². The van der Waals surface area contributed by atoms with Gasteiger partial charge in [0.25, 0.3) is 0 Å². The zero-order chi connectivity index (χ0) is 10.3. The first-order chi connectivity index (χ1) is 6.05. The molecule has 0 saturated carbocycles. The molecule has 0 amide bonds. The minimum absolute atomic E-state index is 0.105. The topological polar surface area (TPSA) is 79.2 Å².